The number of aromatic amines is 1. The fraction of sp³-hybridized carbons (Fsp3) is 0.308. The SMILES string of the molecule is CC(C)=CC(O)(c1nc2cc(Cl)c(Cl)cc2[nH]1)C(F)(F)F. The van der Waals surface area contributed by atoms with Crippen molar-refractivity contribution >= 4 is 34.2 Å². The monoisotopic (exact) mass is 338 g/mol. The molecular weight excluding hydrogens is 328 g/mol. The largest absolute Gasteiger partial charge is 0.428 e. The van der Waals surface area contributed by atoms with Crippen LogP contribution in [0.2, 0.25) is 10.0 Å². The molecule has 114 valence electrons. The van der Waals surface area contributed by atoms with Crippen molar-refractivity contribution in [1.82, 2.24) is 9.97 Å². The second kappa shape index (κ2) is 5.19. The van der Waals surface area contributed by atoms with Gasteiger partial charge in [0.1, 0.15) is 0 Å². The molecule has 2 aromatic rings. The van der Waals surface area contributed by atoms with Gasteiger partial charge in [0.15, 0.2) is 5.82 Å². The number of H-pyrrole nitrogens is 1. The summed E-state index contributed by atoms with van der Waals surface area (Å²) < 4.78 is 39.7. The lowest BCUT2D eigenvalue weighted by Crippen LogP contribution is -2.41. The van der Waals surface area contributed by atoms with Crippen molar-refractivity contribution in [3.8, 4) is 0 Å². The Kier molecular flexibility index (Phi) is 3.99. The summed E-state index contributed by atoms with van der Waals surface area (Å²) >= 11 is 11.6. The molecule has 0 aliphatic rings. The Bertz CT molecular complexity index is 681. The third-order valence-electron chi connectivity index (χ3n) is 2.81. The summed E-state index contributed by atoms with van der Waals surface area (Å²) in [5.41, 5.74) is -2.47. The number of benzene rings is 1. The number of rotatable bonds is 2. The fourth-order valence-corrected chi connectivity index (χ4v) is 2.21. The van der Waals surface area contributed by atoms with E-state index in [9.17, 15) is 18.3 Å². The molecule has 21 heavy (non-hydrogen) atoms. The lowest BCUT2D eigenvalue weighted by Gasteiger charge is -2.25. The van der Waals surface area contributed by atoms with Gasteiger partial charge in [-0.25, -0.2) is 4.98 Å². The van der Waals surface area contributed by atoms with Crippen molar-refractivity contribution in [2.24, 2.45) is 0 Å². The van der Waals surface area contributed by atoms with E-state index in [2.05, 4.69) is 9.97 Å². The van der Waals surface area contributed by atoms with Gasteiger partial charge in [0.05, 0.1) is 21.1 Å². The van der Waals surface area contributed by atoms with Crippen LogP contribution in [0.1, 0.15) is 19.7 Å². The number of imidazole rings is 1. The summed E-state index contributed by atoms with van der Waals surface area (Å²) in [4.78, 5) is 6.24. The molecule has 1 aromatic heterocycles. The Balaban J connectivity index is 2.69. The molecule has 3 nitrogen and oxygen atoms in total. The van der Waals surface area contributed by atoms with Gasteiger partial charge in [-0.3, -0.25) is 0 Å². The van der Waals surface area contributed by atoms with Gasteiger partial charge in [-0.05, 0) is 32.1 Å². The highest BCUT2D eigenvalue weighted by molar-refractivity contribution is 6.42. The van der Waals surface area contributed by atoms with Gasteiger partial charge in [-0.15, -0.1) is 0 Å². The van der Waals surface area contributed by atoms with Crippen LogP contribution in [-0.4, -0.2) is 21.3 Å². The molecule has 8 heteroatoms. The summed E-state index contributed by atoms with van der Waals surface area (Å²) in [5, 5.41) is 10.4. The summed E-state index contributed by atoms with van der Waals surface area (Å²) in [6.45, 7) is 2.90. The number of aliphatic hydroxyl groups is 1. The number of nitrogens with zero attached hydrogens (tertiary/aromatic N) is 1. The minimum Gasteiger partial charge on any atom is -0.370 e. The zero-order valence-corrected chi connectivity index (χ0v) is 12.5. The maximum Gasteiger partial charge on any atom is 0.428 e. The van der Waals surface area contributed by atoms with Crippen molar-refractivity contribution in [2.45, 2.75) is 25.6 Å². The highest BCUT2D eigenvalue weighted by Crippen LogP contribution is 2.40. The Morgan fingerprint density at radius 3 is 2.33 bits per heavy atom. The van der Waals surface area contributed by atoms with Crippen LogP contribution in [-0.2, 0) is 5.60 Å². The molecule has 2 rings (SSSR count). The fourth-order valence-electron chi connectivity index (χ4n) is 1.89. The van der Waals surface area contributed by atoms with Crippen molar-refractivity contribution < 1.29 is 18.3 Å². The van der Waals surface area contributed by atoms with Gasteiger partial charge in [-0.2, -0.15) is 13.2 Å². The standard InChI is InChI=1S/C13H11Cl2F3N2O/c1-6(2)5-12(21,13(16,17)18)11-19-9-3-7(14)8(15)4-10(9)20-11/h3-5,21H,1-2H3,(H,19,20). The molecule has 0 saturated carbocycles. The van der Waals surface area contributed by atoms with Crippen molar-refractivity contribution in [1.29, 1.82) is 0 Å². The first-order chi connectivity index (χ1) is 9.54. The summed E-state index contributed by atoms with van der Waals surface area (Å²) in [6.07, 6.45) is -4.22. The van der Waals surface area contributed by atoms with E-state index in [0.717, 1.165) is 0 Å². The first kappa shape index (κ1) is 16.1. The Hall–Kier alpha value is -1.24. The zero-order valence-electron chi connectivity index (χ0n) is 11.0. The lowest BCUT2D eigenvalue weighted by atomic mass is 10.00. The molecule has 0 aliphatic carbocycles. The van der Waals surface area contributed by atoms with Gasteiger partial charge in [0.2, 0.25) is 5.60 Å². The average molecular weight is 339 g/mol. The third-order valence-corrected chi connectivity index (χ3v) is 3.54. The van der Waals surface area contributed by atoms with Gasteiger partial charge in [0.25, 0.3) is 0 Å². The summed E-state index contributed by atoms with van der Waals surface area (Å²) in [7, 11) is 0. The van der Waals surface area contributed by atoms with Crippen LogP contribution in [0.15, 0.2) is 23.8 Å². The maximum atomic E-state index is 13.2. The normalized spacial score (nSPS) is 15.0. The number of nitrogens with one attached hydrogen (secondary N) is 1. The van der Waals surface area contributed by atoms with E-state index in [1.807, 2.05) is 0 Å². The number of hydrogen-bond acceptors (Lipinski definition) is 2. The van der Waals surface area contributed by atoms with Crippen LogP contribution in [0, 0.1) is 0 Å². The molecule has 0 saturated heterocycles. The summed E-state index contributed by atoms with van der Waals surface area (Å²) in [5.74, 6) is -0.635. The number of aromatic nitrogens is 2. The number of allylic oxidation sites excluding steroid dienone is 1. The van der Waals surface area contributed by atoms with Crippen LogP contribution in [0.25, 0.3) is 11.0 Å². The quantitative estimate of drug-likeness (QED) is 0.787. The van der Waals surface area contributed by atoms with Crippen LogP contribution < -0.4 is 0 Å². The number of hydrogen-bond donors (Lipinski definition) is 2. The van der Waals surface area contributed by atoms with E-state index in [1.165, 1.54) is 26.0 Å². The first-order valence-corrected chi connectivity index (χ1v) is 6.60. The molecular formula is C13H11Cl2F3N2O. The molecule has 2 N–H and O–H groups in total. The van der Waals surface area contributed by atoms with Crippen LogP contribution in [0.4, 0.5) is 13.2 Å². The molecule has 1 unspecified atom stereocenters. The van der Waals surface area contributed by atoms with E-state index in [4.69, 9.17) is 23.2 Å². The molecule has 1 heterocycles. The molecule has 0 fully saturated rings. The highest BCUT2D eigenvalue weighted by Gasteiger charge is 2.55. The zero-order chi connectivity index (χ0) is 16.0. The van der Waals surface area contributed by atoms with Gasteiger partial charge >= 0.3 is 6.18 Å². The second-order valence-electron chi connectivity index (χ2n) is 4.85. The topological polar surface area (TPSA) is 48.9 Å². The lowest BCUT2D eigenvalue weighted by molar-refractivity contribution is -0.248. The Morgan fingerprint density at radius 2 is 1.81 bits per heavy atom. The molecule has 0 aliphatic heterocycles. The van der Waals surface area contributed by atoms with Gasteiger partial charge < -0.3 is 10.1 Å². The second-order valence-corrected chi connectivity index (χ2v) is 5.67. The molecule has 0 amide bonds. The predicted octanol–water partition coefficient (Wildman–Crippen LogP) is 4.59. The Morgan fingerprint density at radius 1 is 1.24 bits per heavy atom. The minimum atomic E-state index is -4.92. The number of alkyl halides is 3. The van der Waals surface area contributed by atoms with Crippen molar-refractivity contribution in [2.75, 3.05) is 0 Å². The third kappa shape index (κ3) is 2.88. The maximum absolute atomic E-state index is 13.2. The summed E-state index contributed by atoms with van der Waals surface area (Å²) in [6, 6.07) is 2.69. The van der Waals surface area contributed by atoms with Crippen LogP contribution in [0.5, 0.6) is 0 Å². The Labute approximate surface area is 128 Å². The predicted molar refractivity (Wildman–Crippen MR) is 75.5 cm³/mol. The van der Waals surface area contributed by atoms with Crippen LogP contribution >= 0.6 is 23.2 Å². The average Bonchev–Trinajstić information content (AvgIpc) is 2.70. The van der Waals surface area contributed by atoms with E-state index >= 15 is 0 Å². The molecule has 1 aromatic carbocycles. The van der Waals surface area contributed by atoms with Gasteiger partial charge in [-0.1, -0.05) is 28.8 Å². The van der Waals surface area contributed by atoms with Crippen LogP contribution in [0.3, 0.4) is 0 Å². The van der Waals surface area contributed by atoms with Gasteiger partial charge in [0, 0.05) is 0 Å². The van der Waals surface area contributed by atoms with Crippen molar-refractivity contribution in [3.63, 3.8) is 0 Å². The molecule has 1 atom stereocenters. The van der Waals surface area contributed by atoms with E-state index < -0.39 is 17.6 Å². The number of fused-ring (bicyclic) bond motifs is 1. The smallest absolute Gasteiger partial charge is 0.370 e. The van der Waals surface area contributed by atoms with Crippen molar-refractivity contribution in [3.05, 3.63) is 39.7 Å². The van der Waals surface area contributed by atoms with E-state index in [-0.39, 0.29) is 21.1 Å². The first-order valence-electron chi connectivity index (χ1n) is 5.85. The number of halogens is 5. The highest BCUT2D eigenvalue weighted by atomic mass is 35.5. The molecule has 0 bridgehead atoms. The van der Waals surface area contributed by atoms with E-state index in [1.54, 1.807) is 0 Å². The molecule has 0 radical (unpaired) electrons. The minimum absolute atomic E-state index is 0.167. The van der Waals surface area contributed by atoms with E-state index in [0.29, 0.717) is 11.6 Å². The molecule has 0 spiro atoms.